The van der Waals surface area contributed by atoms with Crippen molar-refractivity contribution in [3.05, 3.63) is 11.4 Å². The Morgan fingerprint density at radius 3 is 1.65 bits per heavy atom. The van der Waals surface area contributed by atoms with Crippen LogP contribution in [0.3, 0.4) is 0 Å². The van der Waals surface area contributed by atoms with Gasteiger partial charge in [0.25, 0.3) is 0 Å². The van der Waals surface area contributed by atoms with Gasteiger partial charge in [0.15, 0.2) is 0 Å². The van der Waals surface area contributed by atoms with Gasteiger partial charge in [0, 0.05) is 26.2 Å². The van der Waals surface area contributed by atoms with Gasteiger partial charge in [-0.05, 0) is 43.8 Å². The molecule has 0 aromatic heterocycles. The highest BCUT2D eigenvalue weighted by atomic mass is 31.1. The molecule has 2 aliphatic rings. The van der Waals surface area contributed by atoms with Crippen LogP contribution >= 0.6 is 18.1 Å². The summed E-state index contributed by atoms with van der Waals surface area (Å²) in [7, 11) is -0.139. The van der Waals surface area contributed by atoms with Crippen LogP contribution in [0.4, 0.5) is 0 Å². The summed E-state index contributed by atoms with van der Waals surface area (Å²) in [6.45, 7) is 9.99. The first-order valence-corrected chi connectivity index (χ1v) is 9.60. The van der Waals surface area contributed by atoms with E-state index in [0.29, 0.717) is 0 Å². The quantitative estimate of drug-likeness (QED) is 0.656. The molecule has 2 fully saturated rings. The summed E-state index contributed by atoms with van der Waals surface area (Å²) in [6, 6.07) is 0. The molecule has 0 aliphatic carbocycles. The van der Waals surface area contributed by atoms with Gasteiger partial charge in [-0.15, -0.1) is 0 Å². The lowest BCUT2D eigenvalue weighted by Crippen LogP contribution is -2.35. The number of piperidine rings is 2. The molecule has 0 amide bonds. The fraction of sp³-hybridized carbons (Fsp3) is 0.875. The van der Waals surface area contributed by atoms with Gasteiger partial charge < -0.3 is 0 Å². The van der Waals surface area contributed by atoms with Crippen molar-refractivity contribution in [2.24, 2.45) is 0 Å². The third-order valence-electron chi connectivity index (χ3n) is 4.26. The molecule has 20 heavy (non-hydrogen) atoms. The number of nitrogens with zero attached hydrogens (tertiary/aromatic N) is 2. The maximum absolute atomic E-state index is 2.83. The van der Waals surface area contributed by atoms with E-state index < -0.39 is 0 Å². The molecule has 0 aromatic rings. The maximum Gasteiger partial charge on any atom is 0.0678 e. The van der Waals surface area contributed by atoms with E-state index in [2.05, 4.69) is 29.3 Å². The monoisotopic (exact) mass is 316 g/mol. The molecule has 0 N–H and O–H groups in total. The Bertz CT molecular complexity index is 264. The van der Waals surface area contributed by atoms with Crippen molar-refractivity contribution >= 4 is 18.1 Å². The van der Waals surface area contributed by atoms with E-state index in [1.54, 1.807) is 5.31 Å². The number of rotatable bonds is 5. The van der Waals surface area contributed by atoms with Crippen molar-refractivity contribution in [3.8, 4) is 0 Å². The topological polar surface area (TPSA) is 6.48 Å². The highest BCUT2D eigenvalue weighted by molar-refractivity contribution is 7.57. The molecular weight excluding hydrogens is 282 g/mol. The van der Waals surface area contributed by atoms with Crippen LogP contribution in [0.5, 0.6) is 0 Å². The fourth-order valence-corrected chi connectivity index (χ4v) is 6.32. The summed E-state index contributed by atoms with van der Waals surface area (Å²) in [5.41, 5.74) is 0. The first-order valence-electron chi connectivity index (χ1n) is 8.35. The highest BCUT2D eigenvalue weighted by Crippen LogP contribution is 2.54. The molecule has 2 saturated heterocycles. The van der Waals surface area contributed by atoms with Gasteiger partial charge in [0.05, 0.1) is 8.22 Å². The first kappa shape index (κ1) is 18.6. The van der Waals surface area contributed by atoms with E-state index in [-0.39, 0.29) is 18.1 Å². The molecule has 2 heterocycles. The van der Waals surface area contributed by atoms with Crippen LogP contribution in [-0.2, 0) is 0 Å². The zero-order valence-electron chi connectivity index (χ0n) is 13.6. The number of hydrogen-bond acceptors (Lipinski definition) is 2. The van der Waals surface area contributed by atoms with Gasteiger partial charge >= 0.3 is 0 Å². The summed E-state index contributed by atoms with van der Waals surface area (Å²) in [6.07, 6.45) is 13.5. The molecule has 0 radical (unpaired) electrons. The molecule has 0 saturated carbocycles. The lowest BCUT2D eigenvalue weighted by atomic mass is 10.2. The second-order valence-electron chi connectivity index (χ2n) is 5.78. The zero-order chi connectivity index (χ0) is 13.5. The molecular formula is C16H34N2P2. The second kappa shape index (κ2) is 10.3. The summed E-state index contributed by atoms with van der Waals surface area (Å²) in [5.74, 6) is 0. The molecule has 0 bridgehead atoms. The normalized spacial score (nSPS) is 22.9. The summed E-state index contributed by atoms with van der Waals surface area (Å²) >= 11 is 0. The molecule has 4 heteroatoms. The average Bonchev–Trinajstić information content (AvgIpc) is 2.49. The third kappa shape index (κ3) is 5.06. The van der Waals surface area contributed by atoms with E-state index in [1.807, 2.05) is 0 Å². The van der Waals surface area contributed by atoms with Gasteiger partial charge in [-0.1, -0.05) is 32.8 Å². The van der Waals surface area contributed by atoms with Crippen molar-refractivity contribution in [2.45, 2.75) is 65.2 Å². The largest absolute Gasteiger partial charge is 0.267 e. The average molecular weight is 316 g/mol. The van der Waals surface area contributed by atoms with E-state index in [0.717, 1.165) is 0 Å². The maximum atomic E-state index is 2.83. The van der Waals surface area contributed by atoms with Crippen LogP contribution in [0.25, 0.3) is 0 Å². The number of hydrogen-bond donors (Lipinski definition) is 0. The van der Waals surface area contributed by atoms with Crippen molar-refractivity contribution in [1.82, 2.24) is 9.34 Å². The van der Waals surface area contributed by atoms with Crippen molar-refractivity contribution in [2.75, 3.05) is 26.2 Å². The van der Waals surface area contributed by atoms with Crippen molar-refractivity contribution in [1.29, 1.82) is 0 Å². The smallest absolute Gasteiger partial charge is 0.0678 e. The van der Waals surface area contributed by atoms with E-state index in [9.17, 15) is 0 Å². The minimum Gasteiger partial charge on any atom is -0.267 e. The Morgan fingerprint density at radius 2 is 1.30 bits per heavy atom. The second-order valence-corrected chi connectivity index (χ2v) is 8.06. The van der Waals surface area contributed by atoms with E-state index in [1.165, 1.54) is 77.5 Å². The lowest BCUT2D eigenvalue weighted by Gasteiger charge is -2.43. The Labute approximate surface area is 130 Å². The van der Waals surface area contributed by atoms with Crippen molar-refractivity contribution in [3.63, 3.8) is 0 Å². The summed E-state index contributed by atoms with van der Waals surface area (Å²) < 4.78 is 5.66. The molecule has 1 unspecified atom stereocenters. The van der Waals surface area contributed by atoms with Crippen LogP contribution in [0.15, 0.2) is 11.4 Å². The molecule has 0 spiro atoms. The summed E-state index contributed by atoms with van der Waals surface area (Å²) in [4.78, 5) is 0. The van der Waals surface area contributed by atoms with Crippen LogP contribution in [0.1, 0.15) is 65.2 Å². The van der Waals surface area contributed by atoms with Gasteiger partial charge in [-0.25, -0.2) is 0 Å². The van der Waals surface area contributed by atoms with Crippen LogP contribution in [0.2, 0.25) is 0 Å². The molecule has 1 atom stereocenters. The molecule has 2 rings (SSSR count). The zero-order valence-corrected chi connectivity index (χ0v) is 15.9. The van der Waals surface area contributed by atoms with Gasteiger partial charge in [-0.3, -0.25) is 9.34 Å². The Hall–Kier alpha value is 0.520. The minimum absolute atomic E-state index is 0. The van der Waals surface area contributed by atoms with Crippen LogP contribution < -0.4 is 0 Å². The van der Waals surface area contributed by atoms with Crippen LogP contribution in [0, 0.1) is 0 Å². The minimum atomic E-state index is -0.139. The highest BCUT2D eigenvalue weighted by Gasteiger charge is 2.29. The van der Waals surface area contributed by atoms with Gasteiger partial charge in [-0.2, -0.15) is 9.90 Å². The third-order valence-corrected chi connectivity index (χ3v) is 7.14. The van der Waals surface area contributed by atoms with E-state index in [4.69, 9.17) is 0 Å². The molecule has 2 aliphatic heterocycles. The lowest BCUT2D eigenvalue weighted by molar-refractivity contribution is 0.312. The Morgan fingerprint density at radius 1 is 0.850 bits per heavy atom. The summed E-state index contributed by atoms with van der Waals surface area (Å²) in [5, 5.41) is 1.74. The molecule has 0 aromatic carbocycles. The Kier molecular flexibility index (Phi) is 9.54. The molecule has 2 nitrogen and oxygen atoms in total. The SMILES string of the molecule is CCC=C(CC)P(N1CCCCC1)N1CCCCC1.P. The first-order chi connectivity index (χ1) is 9.36. The predicted molar refractivity (Wildman–Crippen MR) is 97.5 cm³/mol. The van der Waals surface area contributed by atoms with E-state index >= 15 is 0 Å². The molecule has 118 valence electrons. The fourth-order valence-electron chi connectivity index (χ4n) is 3.28. The number of allylic oxidation sites excluding steroid dienone is 2. The van der Waals surface area contributed by atoms with Gasteiger partial charge in [0.1, 0.15) is 0 Å². The van der Waals surface area contributed by atoms with Crippen molar-refractivity contribution < 1.29 is 0 Å². The van der Waals surface area contributed by atoms with Crippen LogP contribution in [-0.4, -0.2) is 35.5 Å². The van der Waals surface area contributed by atoms with Gasteiger partial charge in [0.2, 0.25) is 0 Å². The predicted octanol–water partition coefficient (Wildman–Crippen LogP) is 5.03. The Balaban J connectivity index is 0.00000200. The standard InChI is InChI=1S/C16H31N2P.H3P/c1-3-11-16(4-2)19(17-12-7-5-8-13-17)18-14-9-6-10-15-18;/h11H,3-10,12-15H2,1-2H3;1H3.